The molecule has 0 bridgehead atoms. The number of amides is 3. The van der Waals surface area contributed by atoms with E-state index in [0.29, 0.717) is 30.1 Å². The van der Waals surface area contributed by atoms with Crippen LogP contribution in [0.15, 0.2) is 36.4 Å². The third-order valence-electron chi connectivity index (χ3n) is 6.49. The van der Waals surface area contributed by atoms with Crippen molar-refractivity contribution < 1.29 is 27.9 Å². The van der Waals surface area contributed by atoms with Crippen molar-refractivity contribution in [2.45, 2.75) is 25.7 Å². The average molecular weight is 495 g/mol. The van der Waals surface area contributed by atoms with Gasteiger partial charge in [-0.3, -0.25) is 14.4 Å². The summed E-state index contributed by atoms with van der Waals surface area (Å²) < 4.78 is 35.6. The molecule has 2 aliphatic heterocycles. The molecule has 11 heteroatoms. The number of benzene rings is 2. The minimum atomic E-state index is -0.950. The normalized spacial score (nSPS) is 15.8. The lowest BCUT2D eigenvalue weighted by Crippen LogP contribution is -2.39. The Bertz CT molecular complexity index is 1380. The number of aromatic nitrogens is 2. The Kier molecular flexibility index (Phi) is 5.91. The van der Waals surface area contributed by atoms with Crippen LogP contribution in [0.25, 0.3) is 5.69 Å². The van der Waals surface area contributed by atoms with Crippen LogP contribution in [0, 0.1) is 11.6 Å². The molecule has 0 unspecified atom stereocenters. The molecule has 5 rings (SSSR count). The molecule has 0 radical (unpaired) electrons. The second-order valence-electron chi connectivity index (χ2n) is 8.59. The van der Waals surface area contributed by atoms with Crippen molar-refractivity contribution >= 4 is 29.1 Å². The zero-order valence-electron chi connectivity index (χ0n) is 19.5. The molecular formula is C25H23F2N5O4. The van der Waals surface area contributed by atoms with Crippen molar-refractivity contribution in [2.24, 2.45) is 5.73 Å². The number of methoxy groups -OCH3 is 1. The van der Waals surface area contributed by atoms with E-state index in [0.717, 1.165) is 29.7 Å². The lowest BCUT2D eigenvalue weighted by Gasteiger charge is -2.31. The predicted octanol–water partition coefficient (Wildman–Crippen LogP) is 2.98. The topological polar surface area (TPSA) is 111 Å². The van der Waals surface area contributed by atoms with Crippen molar-refractivity contribution in [3.05, 3.63) is 65.0 Å². The van der Waals surface area contributed by atoms with Gasteiger partial charge in [0.1, 0.15) is 17.1 Å². The van der Waals surface area contributed by atoms with Crippen molar-refractivity contribution in [3.8, 4) is 11.4 Å². The van der Waals surface area contributed by atoms with Crippen LogP contribution in [0.4, 0.5) is 20.2 Å². The largest absolute Gasteiger partial charge is 0.494 e. The third kappa shape index (κ3) is 3.76. The fourth-order valence-electron chi connectivity index (χ4n) is 4.78. The van der Waals surface area contributed by atoms with Crippen molar-refractivity contribution in [1.29, 1.82) is 0 Å². The van der Waals surface area contributed by atoms with E-state index in [-0.39, 0.29) is 35.8 Å². The first-order chi connectivity index (χ1) is 17.3. The lowest BCUT2D eigenvalue weighted by atomic mass is 10.0. The summed E-state index contributed by atoms with van der Waals surface area (Å²) in [5.41, 5.74) is 5.79. The van der Waals surface area contributed by atoms with Crippen molar-refractivity contribution in [3.63, 3.8) is 0 Å². The number of para-hydroxylation sites is 1. The monoisotopic (exact) mass is 495 g/mol. The van der Waals surface area contributed by atoms with Gasteiger partial charge in [0.2, 0.25) is 5.91 Å². The van der Waals surface area contributed by atoms with Crippen LogP contribution >= 0.6 is 0 Å². The number of carbonyl (C=O) groups is 3. The Morgan fingerprint density at radius 2 is 1.78 bits per heavy atom. The molecule has 1 aromatic heterocycles. The third-order valence-corrected chi connectivity index (χ3v) is 6.49. The Morgan fingerprint density at radius 3 is 2.44 bits per heavy atom. The number of anilines is 2. The van der Waals surface area contributed by atoms with Crippen molar-refractivity contribution in [1.82, 2.24) is 9.78 Å². The minimum absolute atomic E-state index is 0.0181. The lowest BCUT2D eigenvalue weighted by molar-refractivity contribution is -0.119. The van der Waals surface area contributed by atoms with E-state index in [1.165, 1.54) is 18.1 Å². The Hall–Kier alpha value is -4.28. The molecule has 0 saturated carbocycles. The maximum atomic E-state index is 14.6. The summed E-state index contributed by atoms with van der Waals surface area (Å²) in [6.45, 7) is 0.743. The number of piperidine rings is 1. The van der Waals surface area contributed by atoms with Gasteiger partial charge in [0, 0.05) is 36.8 Å². The van der Waals surface area contributed by atoms with Crippen LogP contribution in [0.5, 0.6) is 5.75 Å². The van der Waals surface area contributed by atoms with Crippen LogP contribution in [-0.2, 0) is 11.2 Å². The number of rotatable bonds is 5. The molecule has 36 heavy (non-hydrogen) atoms. The molecule has 3 heterocycles. The quantitative estimate of drug-likeness (QED) is 0.585. The average Bonchev–Trinajstić information content (AvgIpc) is 3.25. The summed E-state index contributed by atoms with van der Waals surface area (Å²) in [6.07, 6.45) is 2.38. The predicted molar refractivity (Wildman–Crippen MR) is 127 cm³/mol. The van der Waals surface area contributed by atoms with E-state index in [9.17, 15) is 23.2 Å². The number of carbonyl (C=O) groups excluding carboxylic acids is 3. The first-order valence-electron chi connectivity index (χ1n) is 11.5. The van der Waals surface area contributed by atoms with E-state index >= 15 is 0 Å². The van der Waals surface area contributed by atoms with Gasteiger partial charge < -0.3 is 20.3 Å². The molecule has 2 N–H and O–H groups in total. The van der Waals surface area contributed by atoms with Gasteiger partial charge in [-0.2, -0.15) is 5.10 Å². The minimum Gasteiger partial charge on any atom is -0.494 e. The number of nitrogens with zero attached hydrogens (tertiary/aromatic N) is 4. The van der Waals surface area contributed by atoms with Gasteiger partial charge in [0.25, 0.3) is 11.8 Å². The van der Waals surface area contributed by atoms with Gasteiger partial charge in [-0.1, -0.05) is 6.07 Å². The van der Waals surface area contributed by atoms with Gasteiger partial charge in [0.05, 0.1) is 12.8 Å². The standard InChI is InChI=1S/C25H23F2N5O4/c1-36-19-13-14(30-11-3-2-7-20(30)33)8-9-18(19)31-12-10-15-21(24(28)34)29-32(22(15)25(31)35)23-16(26)5-4-6-17(23)27/h4-6,8-9,13H,2-3,7,10-12H2,1H3,(H2,28,34). The number of hydrogen-bond donors (Lipinski definition) is 1. The molecule has 3 amide bonds. The molecule has 0 spiro atoms. The van der Waals surface area contributed by atoms with E-state index in [2.05, 4.69) is 5.10 Å². The smallest absolute Gasteiger partial charge is 0.277 e. The molecule has 2 aromatic carbocycles. The summed E-state index contributed by atoms with van der Waals surface area (Å²) in [7, 11) is 1.45. The number of nitrogens with two attached hydrogens (primary N) is 1. The molecule has 186 valence electrons. The summed E-state index contributed by atoms with van der Waals surface area (Å²) >= 11 is 0. The first kappa shape index (κ1) is 23.5. The Labute approximate surface area is 205 Å². The second-order valence-corrected chi connectivity index (χ2v) is 8.59. The molecule has 1 saturated heterocycles. The Balaban J connectivity index is 1.59. The van der Waals surface area contributed by atoms with Gasteiger partial charge in [-0.15, -0.1) is 0 Å². The molecule has 0 atom stereocenters. The molecular weight excluding hydrogens is 472 g/mol. The number of halogens is 2. The molecule has 1 fully saturated rings. The highest BCUT2D eigenvalue weighted by Gasteiger charge is 2.37. The van der Waals surface area contributed by atoms with Gasteiger partial charge in [-0.25, -0.2) is 13.5 Å². The summed E-state index contributed by atoms with van der Waals surface area (Å²) in [6, 6.07) is 8.33. The van der Waals surface area contributed by atoms with Gasteiger partial charge in [0.15, 0.2) is 17.3 Å². The number of primary amides is 1. The molecule has 9 nitrogen and oxygen atoms in total. The fraction of sp³-hybridized carbons (Fsp3) is 0.280. The highest BCUT2D eigenvalue weighted by Crippen LogP contribution is 2.37. The van der Waals surface area contributed by atoms with Crippen molar-refractivity contribution in [2.75, 3.05) is 30.0 Å². The zero-order valence-corrected chi connectivity index (χ0v) is 19.5. The Morgan fingerprint density at radius 1 is 1.03 bits per heavy atom. The highest BCUT2D eigenvalue weighted by atomic mass is 19.1. The molecule has 3 aromatic rings. The summed E-state index contributed by atoms with van der Waals surface area (Å²) in [5, 5.41) is 4.03. The number of hydrogen-bond acceptors (Lipinski definition) is 5. The molecule has 2 aliphatic rings. The van der Waals surface area contributed by atoms with E-state index in [4.69, 9.17) is 10.5 Å². The maximum Gasteiger partial charge on any atom is 0.277 e. The fourth-order valence-corrected chi connectivity index (χ4v) is 4.78. The number of fused-ring (bicyclic) bond motifs is 1. The van der Waals surface area contributed by atoms with Crippen LogP contribution in [0.2, 0.25) is 0 Å². The SMILES string of the molecule is COc1cc(N2CCCCC2=O)ccc1N1CCc2c(C(N)=O)nn(-c3c(F)cccc3F)c2C1=O. The first-order valence-corrected chi connectivity index (χ1v) is 11.5. The van der Waals surface area contributed by atoms with Crippen LogP contribution in [0.1, 0.15) is 45.8 Å². The van der Waals surface area contributed by atoms with Crippen LogP contribution in [-0.4, -0.2) is 47.7 Å². The second kappa shape index (κ2) is 9.06. The summed E-state index contributed by atoms with van der Waals surface area (Å²) in [4.78, 5) is 41.2. The van der Waals surface area contributed by atoms with Gasteiger partial charge in [-0.05, 0) is 43.5 Å². The maximum absolute atomic E-state index is 14.6. The summed E-state index contributed by atoms with van der Waals surface area (Å²) in [5.74, 6) is -3.07. The number of ether oxygens (including phenoxy) is 1. The van der Waals surface area contributed by atoms with Crippen LogP contribution < -0.4 is 20.3 Å². The molecule has 0 aliphatic carbocycles. The van der Waals surface area contributed by atoms with E-state index < -0.39 is 29.1 Å². The van der Waals surface area contributed by atoms with E-state index in [1.807, 2.05) is 0 Å². The van der Waals surface area contributed by atoms with E-state index in [1.54, 1.807) is 23.1 Å². The zero-order chi connectivity index (χ0) is 25.6. The highest BCUT2D eigenvalue weighted by molar-refractivity contribution is 6.10. The van der Waals surface area contributed by atoms with Crippen LogP contribution in [0.3, 0.4) is 0 Å². The van der Waals surface area contributed by atoms with Gasteiger partial charge >= 0.3 is 0 Å².